The molecule has 0 radical (unpaired) electrons. The largest absolute Gasteiger partial charge is 0.496 e. The van der Waals surface area contributed by atoms with E-state index in [1.165, 1.54) is 0 Å². The normalized spacial score (nSPS) is 15.6. The van der Waals surface area contributed by atoms with E-state index in [2.05, 4.69) is 25.7 Å². The Morgan fingerprint density at radius 2 is 2.00 bits per heavy atom. The molecule has 0 spiro atoms. The minimum absolute atomic E-state index is 0.0263. The van der Waals surface area contributed by atoms with Crippen LogP contribution in [-0.2, 0) is 5.41 Å². The number of carbonyl (C=O) groups is 1. The number of ether oxygens (including phenoxy) is 1. The molecule has 18 heavy (non-hydrogen) atoms. The number of Topliss-reactive ketones (excluding diaryl/α,β-unsaturated/α-hetero) is 1. The zero-order chi connectivity index (χ0) is 13.3. The molecule has 0 aromatic heterocycles. The van der Waals surface area contributed by atoms with Crippen molar-refractivity contribution in [1.82, 2.24) is 4.90 Å². The van der Waals surface area contributed by atoms with Crippen molar-refractivity contribution in [1.29, 1.82) is 0 Å². The summed E-state index contributed by atoms with van der Waals surface area (Å²) in [5, 5.41) is 0. The molecule has 0 N–H and O–H groups in total. The highest BCUT2D eigenvalue weighted by Crippen LogP contribution is 2.32. The van der Waals surface area contributed by atoms with Crippen LogP contribution in [0, 0.1) is 0 Å². The van der Waals surface area contributed by atoms with Gasteiger partial charge in [-0.2, -0.15) is 0 Å². The quantitative estimate of drug-likeness (QED) is 0.604. The van der Waals surface area contributed by atoms with Crippen LogP contribution in [0.4, 0.5) is 0 Å². The SMILES string of the molecule is COc1ccc(C(=O)CN2CC2)cc1C(C)(C)C. The van der Waals surface area contributed by atoms with E-state index in [4.69, 9.17) is 4.74 Å². The molecular weight excluding hydrogens is 226 g/mol. The Balaban J connectivity index is 2.29. The van der Waals surface area contributed by atoms with Crippen LogP contribution in [-0.4, -0.2) is 37.4 Å². The van der Waals surface area contributed by atoms with Crippen molar-refractivity contribution in [3.63, 3.8) is 0 Å². The number of rotatable bonds is 4. The number of hydrogen-bond acceptors (Lipinski definition) is 3. The van der Waals surface area contributed by atoms with E-state index >= 15 is 0 Å². The van der Waals surface area contributed by atoms with Crippen molar-refractivity contribution in [2.24, 2.45) is 0 Å². The monoisotopic (exact) mass is 247 g/mol. The van der Waals surface area contributed by atoms with Gasteiger partial charge in [-0.15, -0.1) is 0 Å². The first-order valence-electron chi connectivity index (χ1n) is 6.36. The standard InChI is InChI=1S/C15H21NO2/c1-15(2,3)12-9-11(5-6-14(12)18-4)13(17)10-16-7-8-16/h5-6,9H,7-8,10H2,1-4H3. The fourth-order valence-electron chi connectivity index (χ4n) is 1.99. The topological polar surface area (TPSA) is 29.3 Å². The molecule has 0 amide bonds. The molecule has 3 heteroatoms. The molecule has 3 nitrogen and oxygen atoms in total. The number of carbonyl (C=O) groups excluding carboxylic acids is 1. The van der Waals surface area contributed by atoms with Crippen LogP contribution in [0.15, 0.2) is 18.2 Å². The smallest absolute Gasteiger partial charge is 0.176 e. The molecule has 1 aromatic carbocycles. The van der Waals surface area contributed by atoms with Crippen LogP contribution in [0.25, 0.3) is 0 Å². The fraction of sp³-hybridized carbons (Fsp3) is 0.533. The maximum atomic E-state index is 12.1. The van der Waals surface area contributed by atoms with Crippen molar-refractivity contribution in [3.8, 4) is 5.75 Å². The summed E-state index contributed by atoms with van der Waals surface area (Å²) in [7, 11) is 1.67. The number of benzene rings is 1. The highest BCUT2D eigenvalue weighted by atomic mass is 16.5. The summed E-state index contributed by atoms with van der Waals surface area (Å²) in [6.45, 7) is 9.02. The molecule has 0 saturated carbocycles. The van der Waals surface area contributed by atoms with Crippen LogP contribution in [0.3, 0.4) is 0 Å². The minimum atomic E-state index is -0.0263. The van der Waals surface area contributed by atoms with Crippen LogP contribution in [0.1, 0.15) is 36.7 Å². The number of methoxy groups -OCH3 is 1. The second kappa shape index (κ2) is 4.73. The van der Waals surface area contributed by atoms with Gasteiger partial charge in [0, 0.05) is 24.2 Å². The third kappa shape index (κ3) is 2.91. The van der Waals surface area contributed by atoms with Crippen LogP contribution in [0.2, 0.25) is 0 Å². The zero-order valence-electron chi connectivity index (χ0n) is 11.6. The van der Waals surface area contributed by atoms with Gasteiger partial charge in [-0.1, -0.05) is 20.8 Å². The van der Waals surface area contributed by atoms with E-state index in [-0.39, 0.29) is 11.2 Å². The minimum Gasteiger partial charge on any atom is -0.496 e. The highest BCUT2D eigenvalue weighted by molar-refractivity contribution is 5.98. The van der Waals surface area contributed by atoms with Crippen molar-refractivity contribution < 1.29 is 9.53 Å². The second-order valence-electron chi connectivity index (χ2n) is 5.86. The van der Waals surface area contributed by atoms with Crippen molar-refractivity contribution in [3.05, 3.63) is 29.3 Å². The molecule has 0 aliphatic carbocycles. The lowest BCUT2D eigenvalue weighted by atomic mass is 9.85. The summed E-state index contributed by atoms with van der Waals surface area (Å²) in [6, 6.07) is 5.74. The highest BCUT2D eigenvalue weighted by Gasteiger charge is 2.24. The fourth-order valence-corrected chi connectivity index (χ4v) is 1.99. The summed E-state index contributed by atoms with van der Waals surface area (Å²) < 4.78 is 5.38. The Bertz CT molecular complexity index is 456. The molecule has 1 heterocycles. The summed E-state index contributed by atoms with van der Waals surface area (Å²) in [5.41, 5.74) is 1.84. The number of nitrogens with zero attached hydrogens (tertiary/aromatic N) is 1. The lowest BCUT2D eigenvalue weighted by Crippen LogP contribution is -2.17. The van der Waals surface area contributed by atoms with Gasteiger partial charge < -0.3 is 4.74 Å². The number of hydrogen-bond donors (Lipinski definition) is 0. The molecule has 2 rings (SSSR count). The molecule has 1 fully saturated rings. The molecule has 1 aliphatic rings. The summed E-state index contributed by atoms with van der Waals surface area (Å²) in [5.74, 6) is 1.05. The summed E-state index contributed by atoms with van der Waals surface area (Å²) in [4.78, 5) is 14.2. The van der Waals surface area contributed by atoms with E-state index < -0.39 is 0 Å². The van der Waals surface area contributed by atoms with Gasteiger partial charge in [-0.25, -0.2) is 0 Å². The molecule has 0 atom stereocenters. The second-order valence-corrected chi connectivity index (χ2v) is 5.86. The van der Waals surface area contributed by atoms with Gasteiger partial charge in [0.25, 0.3) is 0 Å². The maximum absolute atomic E-state index is 12.1. The molecule has 1 aromatic rings. The van der Waals surface area contributed by atoms with Crippen LogP contribution in [0.5, 0.6) is 5.75 Å². The predicted molar refractivity (Wildman–Crippen MR) is 72.5 cm³/mol. The first kappa shape index (κ1) is 13.1. The molecular formula is C15H21NO2. The molecule has 98 valence electrons. The first-order valence-corrected chi connectivity index (χ1v) is 6.36. The molecule has 1 aliphatic heterocycles. The first-order chi connectivity index (χ1) is 8.41. The third-order valence-corrected chi connectivity index (χ3v) is 3.24. The van der Waals surface area contributed by atoms with Gasteiger partial charge in [0.2, 0.25) is 0 Å². The lowest BCUT2D eigenvalue weighted by molar-refractivity contribution is 0.0974. The number of ketones is 1. The predicted octanol–water partition coefficient (Wildman–Crippen LogP) is 2.49. The van der Waals surface area contributed by atoms with E-state index in [9.17, 15) is 4.79 Å². The van der Waals surface area contributed by atoms with Gasteiger partial charge >= 0.3 is 0 Å². The van der Waals surface area contributed by atoms with Crippen molar-refractivity contribution in [2.45, 2.75) is 26.2 Å². The Kier molecular flexibility index (Phi) is 3.44. The van der Waals surface area contributed by atoms with Crippen molar-refractivity contribution >= 4 is 5.78 Å². The van der Waals surface area contributed by atoms with Gasteiger partial charge in [-0.3, -0.25) is 9.69 Å². The van der Waals surface area contributed by atoms with E-state index in [1.54, 1.807) is 7.11 Å². The van der Waals surface area contributed by atoms with Gasteiger partial charge in [-0.05, 0) is 23.6 Å². The molecule has 0 unspecified atom stereocenters. The molecule has 1 saturated heterocycles. The van der Waals surface area contributed by atoms with Crippen molar-refractivity contribution in [2.75, 3.05) is 26.7 Å². The zero-order valence-corrected chi connectivity index (χ0v) is 11.6. The third-order valence-electron chi connectivity index (χ3n) is 3.24. The van der Waals surface area contributed by atoms with Crippen LogP contribution < -0.4 is 4.74 Å². The summed E-state index contributed by atoms with van der Waals surface area (Å²) in [6.07, 6.45) is 0. The Hall–Kier alpha value is -1.35. The Morgan fingerprint density at radius 1 is 1.33 bits per heavy atom. The van der Waals surface area contributed by atoms with Gasteiger partial charge in [0.1, 0.15) is 5.75 Å². The van der Waals surface area contributed by atoms with Gasteiger partial charge in [0.15, 0.2) is 5.78 Å². The Labute approximate surface area is 109 Å². The molecule has 0 bridgehead atoms. The Morgan fingerprint density at radius 3 is 2.50 bits per heavy atom. The van der Waals surface area contributed by atoms with Gasteiger partial charge in [0.05, 0.1) is 13.7 Å². The average Bonchev–Trinajstić information content (AvgIpc) is 3.11. The summed E-state index contributed by atoms with van der Waals surface area (Å²) >= 11 is 0. The van der Waals surface area contributed by atoms with E-state index in [0.717, 1.165) is 30.0 Å². The van der Waals surface area contributed by atoms with Crippen LogP contribution >= 0.6 is 0 Å². The van der Waals surface area contributed by atoms with E-state index in [0.29, 0.717) is 6.54 Å². The lowest BCUT2D eigenvalue weighted by Gasteiger charge is -2.22. The maximum Gasteiger partial charge on any atom is 0.176 e. The average molecular weight is 247 g/mol. The van der Waals surface area contributed by atoms with E-state index in [1.807, 2.05) is 18.2 Å².